The fraction of sp³-hybridized carbons (Fsp3) is 0.810. The first-order valence-electron chi connectivity index (χ1n) is 21.3. The molecule has 8 atom stereocenters. The Labute approximate surface area is 336 Å². The maximum Gasteiger partial charge on any atom is 0.472 e. The van der Waals surface area contributed by atoms with Crippen molar-refractivity contribution in [1.29, 1.82) is 0 Å². The predicted molar refractivity (Wildman–Crippen MR) is 216 cm³/mol. The molecule has 14 heteroatoms. The largest absolute Gasteiger partial charge is 0.472 e. The van der Waals surface area contributed by atoms with Gasteiger partial charge in [-0.25, -0.2) is 9.36 Å². The molecule has 1 saturated carbocycles. The Kier molecular flexibility index (Phi) is 30.7. The highest BCUT2D eigenvalue weighted by Crippen LogP contribution is 2.47. The number of phosphoric acid groups is 1. The third kappa shape index (κ3) is 25.4. The zero-order valence-corrected chi connectivity index (χ0v) is 35.1. The average Bonchev–Trinajstić information content (AvgIpc) is 3.18. The molecule has 0 bridgehead atoms. The second kappa shape index (κ2) is 33.0. The van der Waals surface area contributed by atoms with E-state index in [1.807, 2.05) is 6.08 Å². The summed E-state index contributed by atoms with van der Waals surface area (Å²) in [5.74, 6) is -1.36. The molecule has 6 unspecified atom stereocenters. The highest BCUT2D eigenvalue weighted by molar-refractivity contribution is 7.47. The van der Waals surface area contributed by atoms with Crippen molar-refractivity contribution in [2.45, 2.75) is 204 Å². The van der Waals surface area contributed by atoms with Crippen LogP contribution in [0.2, 0.25) is 0 Å². The first-order chi connectivity index (χ1) is 26.9. The minimum absolute atomic E-state index is 0.0669. The van der Waals surface area contributed by atoms with E-state index in [1.54, 1.807) is 12.2 Å². The maximum atomic E-state index is 12.8. The molecule has 13 nitrogen and oxygen atoms in total. The topological polar surface area (TPSA) is 210 Å². The Morgan fingerprint density at radius 2 is 1.04 bits per heavy atom. The van der Waals surface area contributed by atoms with Crippen molar-refractivity contribution in [1.82, 2.24) is 0 Å². The van der Waals surface area contributed by atoms with Gasteiger partial charge in [-0.2, -0.15) is 0 Å². The highest BCUT2D eigenvalue weighted by Gasteiger charge is 2.51. The van der Waals surface area contributed by atoms with Gasteiger partial charge in [0.2, 0.25) is 0 Å². The number of hydrogen-bond acceptors (Lipinski definition) is 12. The number of carbonyl (C=O) groups excluding carboxylic acids is 2. The number of rotatable bonds is 34. The minimum atomic E-state index is -5.13. The summed E-state index contributed by atoms with van der Waals surface area (Å²) in [4.78, 5) is 35.4. The number of esters is 2. The van der Waals surface area contributed by atoms with Crippen molar-refractivity contribution in [2.75, 3.05) is 13.2 Å². The molecule has 1 aliphatic carbocycles. The van der Waals surface area contributed by atoms with E-state index in [2.05, 4.69) is 26.0 Å². The molecule has 326 valence electrons. The number of ether oxygens (including phenoxy) is 2. The quantitative estimate of drug-likeness (QED) is 0.00933. The lowest BCUT2D eigenvalue weighted by atomic mass is 9.85. The van der Waals surface area contributed by atoms with Gasteiger partial charge in [-0.1, -0.05) is 141 Å². The molecule has 0 heterocycles. The molecule has 6 N–H and O–H groups in total. The number of aliphatic hydroxyl groups excluding tert-OH is 5. The molecule has 0 radical (unpaired) electrons. The van der Waals surface area contributed by atoms with Crippen LogP contribution in [0.4, 0.5) is 0 Å². The van der Waals surface area contributed by atoms with Gasteiger partial charge in [-0.15, -0.1) is 0 Å². The lowest BCUT2D eigenvalue weighted by molar-refractivity contribution is -0.220. The summed E-state index contributed by atoms with van der Waals surface area (Å²) >= 11 is 0. The van der Waals surface area contributed by atoms with Gasteiger partial charge in [0, 0.05) is 12.5 Å². The van der Waals surface area contributed by atoms with Gasteiger partial charge in [0.25, 0.3) is 0 Å². The number of unbranched alkanes of at least 4 members (excludes halogenated alkanes) is 19. The van der Waals surface area contributed by atoms with Crippen LogP contribution in [-0.4, -0.2) is 98.3 Å². The van der Waals surface area contributed by atoms with Crippen molar-refractivity contribution in [2.24, 2.45) is 0 Å². The second-order valence-electron chi connectivity index (χ2n) is 14.9. The molecule has 0 saturated heterocycles. The molecule has 0 aromatic heterocycles. The van der Waals surface area contributed by atoms with Gasteiger partial charge in [-0.05, 0) is 44.9 Å². The van der Waals surface area contributed by atoms with Gasteiger partial charge in [0.15, 0.2) is 6.10 Å². The number of hydrogen-bond donors (Lipinski definition) is 6. The van der Waals surface area contributed by atoms with E-state index in [-0.39, 0.29) is 6.42 Å². The molecule has 0 spiro atoms. The van der Waals surface area contributed by atoms with Crippen molar-refractivity contribution < 1.29 is 63.1 Å². The van der Waals surface area contributed by atoms with E-state index < -0.39 is 75.7 Å². The Hall–Kier alpha value is -1.93. The van der Waals surface area contributed by atoms with Crippen LogP contribution in [0.3, 0.4) is 0 Å². The first-order valence-corrected chi connectivity index (χ1v) is 22.8. The fourth-order valence-electron chi connectivity index (χ4n) is 6.31. The first kappa shape index (κ1) is 52.1. The molecular formula is C42H75O13P. The van der Waals surface area contributed by atoms with Crippen molar-refractivity contribution in [3.8, 4) is 0 Å². The van der Waals surface area contributed by atoms with Crippen LogP contribution in [0, 0.1) is 0 Å². The smallest absolute Gasteiger partial charge is 0.458 e. The normalized spacial score (nSPS) is 23.2. The number of phosphoric ester groups is 1. The third-order valence-corrected chi connectivity index (χ3v) is 10.8. The van der Waals surface area contributed by atoms with Crippen LogP contribution in [0.15, 0.2) is 36.5 Å². The van der Waals surface area contributed by atoms with Crippen LogP contribution in [0.1, 0.15) is 162 Å². The SMILES string of the molecule is CCCCC/C=C/CCCCCCCC(=O)O[C@@H](COC(=O)/C=C/C=C/CCCCCCCCCCCCC)COP(=O)(O)OC1C(O)C(O)C(O)[C@H](O)C1O. The molecule has 0 aromatic carbocycles. The summed E-state index contributed by atoms with van der Waals surface area (Å²) < 4.78 is 33.2. The lowest BCUT2D eigenvalue weighted by Crippen LogP contribution is -2.64. The van der Waals surface area contributed by atoms with E-state index in [9.17, 15) is 44.6 Å². The Morgan fingerprint density at radius 1 is 0.589 bits per heavy atom. The van der Waals surface area contributed by atoms with E-state index in [1.165, 1.54) is 83.1 Å². The molecule has 0 aliphatic heterocycles. The molecule has 0 aromatic rings. The second-order valence-corrected chi connectivity index (χ2v) is 16.3. The maximum absolute atomic E-state index is 12.8. The minimum Gasteiger partial charge on any atom is -0.458 e. The summed E-state index contributed by atoms with van der Waals surface area (Å²) in [5.41, 5.74) is 0. The molecule has 0 amide bonds. The average molecular weight is 819 g/mol. The van der Waals surface area contributed by atoms with Crippen LogP contribution < -0.4 is 0 Å². The summed E-state index contributed by atoms with van der Waals surface area (Å²) in [6, 6.07) is 0. The Morgan fingerprint density at radius 3 is 1.59 bits per heavy atom. The van der Waals surface area contributed by atoms with Gasteiger partial charge < -0.3 is 39.9 Å². The van der Waals surface area contributed by atoms with Crippen molar-refractivity contribution in [3.05, 3.63) is 36.5 Å². The fourth-order valence-corrected chi connectivity index (χ4v) is 7.28. The zero-order chi connectivity index (χ0) is 41.4. The summed E-state index contributed by atoms with van der Waals surface area (Å²) in [5, 5.41) is 50.0. The third-order valence-electron chi connectivity index (χ3n) is 9.81. The number of allylic oxidation sites excluding steroid dienone is 5. The predicted octanol–water partition coefficient (Wildman–Crippen LogP) is 7.44. The molecule has 1 rings (SSSR count). The van der Waals surface area contributed by atoms with E-state index in [0.29, 0.717) is 6.42 Å². The van der Waals surface area contributed by atoms with Crippen LogP contribution in [0.25, 0.3) is 0 Å². The zero-order valence-electron chi connectivity index (χ0n) is 34.2. The Balaban J connectivity index is 2.56. The Bertz CT molecular complexity index is 1130. The van der Waals surface area contributed by atoms with Gasteiger partial charge in [0.1, 0.15) is 43.2 Å². The van der Waals surface area contributed by atoms with Gasteiger partial charge >= 0.3 is 19.8 Å². The van der Waals surface area contributed by atoms with Gasteiger partial charge in [-0.3, -0.25) is 13.8 Å². The monoisotopic (exact) mass is 818 g/mol. The standard InChI is InChI=1S/C42H75O13P/c1-3-5-7-9-11-13-15-17-18-19-21-22-24-26-28-30-35(43)52-32-34(54-36(44)31-29-27-25-23-20-16-14-12-10-8-6-4-2)33-53-56(50,51)55-42-40(48)38(46)37(45)39(47)41(42)49/h12,14,24,26,28,30,34,37-42,45-49H,3-11,13,15-23,25,27,29,31-33H2,1-2H3,(H,50,51)/b14-12+,26-24+,30-28+/t34-,37?,38-,39?,40?,41?,42?/m0/s1. The molecule has 1 aliphatic rings. The lowest BCUT2D eigenvalue weighted by Gasteiger charge is -2.41. The van der Waals surface area contributed by atoms with Crippen molar-refractivity contribution in [3.63, 3.8) is 0 Å². The van der Waals surface area contributed by atoms with E-state index >= 15 is 0 Å². The van der Waals surface area contributed by atoms with Crippen LogP contribution in [0.5, 0.6) is 0 Å². The van der Waals surface area contributed by atoms with Crippen molar-refractivity contribution >= 4 is 19.8 Å². The summed E-state index contributed by atoms with van der Waals surface area (Å²) in [6.07, 6.45) is 22.7. The van der Waals surface area contributed by atoms with Gasteiger partial charge in [0.05, 0.1) is 6.61 Å². The summed E-state index contributed by atoms with van der Waals surface area (Å²) in [6.45, 7) is 3.14. The van der Waals surface area contributed by atoms with Crippen LogP contribution in [-0.2, 0) is 32.7 Å². The van der Waals surface area contributed by atoms with E-state index in [0.717, 1.165) is 57.8 Å². The molecule has 1 fully saturated rings. The van der Waals surface area contributed by atoms with Crippen LogP contribution >= 0.6 is 7.82 Å². The summed E-state index contributed by atoms with van der Waals surface area (Å²) in [7, 11) is -5.13. The van der Waals surface area contributed by atoms with E-state index in [4.69, 9.17) is 18.5 Å². The number of aliphatic hydroxyl groups is 5. The molecular weight excluding hydrogens is 743 g/mol. The highest BCUT2D eigenvalue weighted by atomic mass is 31.2. The number of carbonyl (C=O) groups is 2. The molecule has 56 heavy (non-hydrogen) atoms.